The van der Waals surface area contributed by atoms with E-state index in [2.05, 4.69) is 4.74 Å². The monoisotopic (exact) mass is 338 g/mol. The lowest BCUT2D eigenvalue weighted by molar-refractivity contribution is -0.262. The molecule has 0 bridgehead atoms. The smallest absolute Gasteiger partial charge is 0.428 e. The Labute approximate surface area is 129 Å². The lowest BCUT2D eigenvalue weighted by Crippen LogP contribution is -2.49. The van der Waals surface area contributed by atoms with Gasteiger partial charge in [0.1, 0.15) is 5.41 Å². The van der Waals surface area contributed by atoms with E-state index in [0.29, 0.717) is 0 Å². The molecule has 0 N–H and O–H groups in total. The predicted octanol–water partition coefficient (Wildman–Crippen LogP) is 3.75. The van der Waals surface area contributed by atoms with Crippen LogP contribution >= 0.6 is 0 Å². The highest BCUT2D eigenvalue weighted by Crippen LogP contribution is 2.55. The number of carbonyl (C=O) groups is 1. The van der Waals surface area contributed by atoms with Crippen LogP contribution in [0.2, 0.25) is 0 Å². The van der Waals surface area contributed by atoms with E-state index in [-0.39, 0.29) is 5.56 Å². The quantitative estimate of drug-likeness (QED) is 0.609. The molecule has 0 amide bonds. The molecule has 1 aromatic carbocycles. The molecular formula is C15H15F5O3. The molecule has 0 unspecified atom stereocenters. The van der Waals surface area contributed by atoms with Crippen LogP contribution in [0, 0.1) is 17.6 Å². The van der Waals surface area contributed by atoms with Gasteiger partial charge in [-0.3, -0.25) is 4.79 Å². The second-order valence-corrected chi connectivity index (χ2v) is 5.86. The maximum atomic E-state index is 13.9. The molecule has 3 nitrogen and oxygen atoms in total. The summed E-state index contributed by atoms with van der Waals surface area (Å²) in [7, 11) is 1.04. The van der Waals surface area contributed by atoms with Gasteiger partial charge in [0, 0.05) is 11.5 Å². The first-order chi connectivity index (χ1) is 10.4. The number of hydrogen-bond donors (Lipinski definition) is 0. The minimum atomic E-state index is -4.81. The highest BCUT2D eigenvalue weighted by atomic mass is 19.4. The van der Waals surface area contributed by atoms with E-state index in [1.165, 1.54) is 13.8 Å². The second-order valence-electron chi connectivity index (χ2n) is 5.86. The van der Waals surface area contributed by atoms with Gasteiger partial charge < -0.3 is 9.47 Å². The average Bonchev–Trinajstić information content (AvgIpc) is 2.63. The Kier molecular flexibility index (Phi) is 3.86. The summed E-state index contributed by atoms with van der Waals surface area (Å²) < 4.78 is 76.6. The number of benzene rings is 1. The Morgan fingerprint density at radius 2 is 1.78 bits per heavy atom. The number of carbonyl (C=O) groups excluding carboxylic acids is 1. The summed E-state index contributed by atoms with van der Waals surface area (Å²) in [4.78, 5) is 12.2. The number of methoxy groups -OCH3 is 1. The summed E-state index contributed by atoms with van der Waals surface area (Å²) >= 11 is 0. The van der Waals surface area contributed by atoms with Crippen LogP contribution < -0.4 is 4.74 Å². The molecule has 3 atom stereocenters. The van der Waals surface area contributed by atoms with E-state index >= 15 is 0 Å². The first kappa shape index (κ1) is 17.5. The standard InChI is InChI=1S/C15H15F5O3/c1-7-13(2,12(21)23-14(7,3)15(18,19)20)8-5-6-9(16)10(17)11(8)22-4/h5-7H,1-4H3/t7-,13-,14+/m0/s1. The van der Waals surface area contributed by atoms with Gasteiger partial charge in [-0.05, 0) is 19.9 Å². The van der Waals surface area contributed by atoms with Crippen LogP contribution in [0.3, 0.4) is 0 Å². The summed E-state index contributed by atoms with van der Waals surface area (Å²) in [6.07, 6.45) is -4.81. The van der Waals surface area contributed by atoms with Crippen molar-refractivity contribution in [1.82, 2.24) is 0 Å². The highest BCUT2D eigenvalue weighted by molar-refractivity contribution is 5.87. The number of cyclic esters (lactones) is 1. The summed E-state index contributed by atoms with van der Waals surface area (Å²) in [5.74, 6) is -5.77. The van der Waals surface area contributed by atoms with E-state index in [1.54, 1.807) is 0 Å². The molecule has 1 aliphatic rings. The van der Waals surface area contributed by atoms with Gasteiger partial charge >= 0.3 is 12.1 Å². The zero-order valence-electron chi connectivity index (χ0n) is 12.8. The van der Waals surface area contributed by atoms with E-state index in [4.69, 9.17) is 4.74 Å². The summed E-state index contributed by atoms with van der Waals surface area (Å²) in [5.41, 5.74) is -4.77. The van der Waals surface area contributed by atoms with Crippen LogP contribution in [-0.2, 0) is 14.9 Å². The van der Waals surface area contributed by atoms with Crippen LogP contribution in [0.25, 0.3) is 0 Å². The van der Waals surface area contributed by atoms with Crippen molar-refractivity contribution in [3.8, 4) is 5.75 Å². The van der Waals surface area contributed by atoms with Crippen molar-refractivity contribution in [3.63, 3.8) is 0 Å². The average molecular weight is 338 g/mol. The molecule has 0 aliphatic carbocycles. The van der Waals surface area contributed by atoms with Crippen molar-refractivity contribution in [2.75, 3.05) is 7.11 Å². The molecule has 1 heterocycles. The maximum Gasteiger partial charge on any atom is 0.428 e. The Morgan fingerprint density at radius 3 is 2.22 bits per heavy atom. The number of halogens is 5. The van der Waals surface area contributed by atoms with Crippen molar-refractivity contribution in [1.29, 1.82) is 0 Å². The van der Waals surface area contributed by atoms with E-state index in [1.807, 2.05) is 0 Å². The molecule has 1 aliphatic heterocycles. The zero-order chi connectivity index (χ0) is 17.8. The number of alkyl halides is 3. The van der Waals surface area contributed by atoms with Gasteiger partial charge in [-0.2, -0.15) is 17.6 Å². The first-order valence-corrected chi connectivity index (χ1v) is 6.74. The number of ether oxygens (including phenoxy) is 2. The van der Waals surface area contributed by atoms with Crippen LogP contribution in [0.5, 0.6) is 5.75 Å². The van der Waals surface area contributed by atoms with Gasteiger partial charge in [0.15, 0.2) is 11.6 Å². The minimum absolute atomic E-state index is 0.190. The Balaban J connectivity index is 2.68. The van der Waals surface area contributed by atoms with Crippen molar-refractivity contribution in [3.05, 3.63) is 29.3 Å². The number of hydrogen-bond acceptors (Lipinski definition) is 3. The Bertz CT molecular complexity index is 657. The second kappa shape index (κ2) is 5.07. The van der Waals surface area contributed by atoms with Crippen molar-refractivity contribution in [2.24, 2.45) is 5.92 Å². The maximum absolute atomic E-state index is 13.9. The molecule has 0 aromatic heterocycles. The number of rotatable bonds is 2. The molecule has 128 valence electrons. The SMILES string of the molecule is COc1c([C@@]2(C)C(=O)O[C@@](C)(C(F)(F)F)[C@H]2C)ccc(F)c1F. The van der Waals surface area contributed by atoms with E-state index < -0.39 is 46.5 Å². The fourth-order valence-corrected chi connectivity index (χ4v) is 2.90. The molecule has 2 rings (SSSR count). The van der Waals surface area contributed by atoms with Gasteiger partial charge in [0.05, 0.1) is 7.11 Å². The predicted molar refractivity (Wildman–Crippen MR) is 70.0 cm³/mol. The lowest BCUT2D eigenvalue weighted by atomic mass is 9.68. The van der Waals surface area contributed by atoms with Gasteiger partial charge in [-0.15, -0.1) is 0 Å². The van der Waals surface area contributed by atoms with Gasteiger partial charge in [-0.1, -0.05) is 13.0 Å². The summed E-state index contributed by atoms with van der Waals surface area (Å²) in [6, 6.07) is 1.78. The topological polar surface area (TPSA) is 35.5 Å². The van der Waals surface area contributed by atoms with Crippen molar-refractivity contribution in [2.45, 2.75) is 38.0 Å². The Morgan fingerprint density at radius 1 is 1.22 bits per heavy atom. The normalized spacial score (nSPS) is 31.2. The van der Waals surface area contributed by atoms with E-state index in [9.17, 15) is 26.7 Å². The van der Waals surface area contributed by atoms with Gasteiger partial charge in [0.25, 0.3) is 0 Å². The molecule has 8 heteroatoms. The molecule has 0 saturated carbocycles. The van der Waals surface area contributed by atoms with E-state index in [0.717, 1.165) is 26.2 Å². The summed E-state index contributed by atoms with van der Waals surface area (Å²) in [5, 5.41) is 0. The molecule has 1 saturated heterocycles. The van der Waals surface area contributed by atoms with Gasteiger partial charge in [0.2, 0.25) is 11.4 Å². The minimum Gasteiger partial charge on any atom is -0.493 e. The fourth-order valence-electron chi connectivity index (χ4n) is 2.90. The molecule has 23 heavy (non-hydrogen) atoms. The van der Waals surface area contributed by atoms with Crippen LogP contribution in [0.1, 0.15) is 26.3 Å². The first-order valence-electron chi connectivity index (χ1n) is 6.74. The van der Waals surface area contributed by atoms with Crippen molar-refractivity contribution >= 4 is 5.97 Å². The molecular weight excluding hydrogens is 323 g/mol. The van der Waals surface area contributed by atoms with Crippen LogP contribution in [0.15, 0.2) is 12.1 Å². The molecule has 1 aromatic rings. The Hall–Kier alpha value is -1.86. The number of esters is 1. The third-order valence-corrected chi connectivity index (χ3v) is 4.80. The fraction of sp³-hybridized carbons (Fsp3) is 0.533. The van der Waals surface area contributed by atoms with Crippen molar-refractivity contribution < 1.29 is 36.2 Å². The van der Waals surface area contributed by atoms with Gasteiger partial charge in [-0.25, -0.2) is 4.39 Å². The molecule has 0 spiro atoms. The van der Waals surface area contributed by atoms with Crippen LogP contribution in [-0.4, -0.2) is 24.9 Å². The third-order valence-electron chi connectivity index (χ3n) is 4.80. The molecule has 1 fully saturated rings. The largest absolute Gasteiger partial charge is 0.493 e. The summed E-state index contributed by atoms with van der Waals surface area (Å²) in [6.45, 7) is 3.14. The zero-order valence-corrected chi connectivity index (χ0v) is 12.8. The highest BCUT2D eigenvalue weighted by Gasteiger charge is 2.70. The lowest BCUT2D eigenvalue weighted by Gasteiger charge is -2.34. The van der Waals surface area contributed by atoms with Crippen LogP contribution in [0.4, 0.5) is 22.0 Å². The molecule has 0 radical (unpaired) electrons. The third kappa shape index (κ3) is 2.18.